The van der Waals surface area contributed by atoms with Gasteiger partial charge in [0.05, 0.1) is 12.2 Å². The number of phenolic OH excluding ortho intramolecular Hbond substituents is 1. The molecule has 0 aliphatic carbocycles. The van der Waals surface area contributed by atoms with Crippen LogP contribution in [0.25, 0.3) is 21.5 Å². The maximum atomic E-state index is 13.7. The molecule has 0 atom stereocenters. The van der Waals surface area contributed by atoms with E-state index >= 15 is 0 Å². The maximum Gasteiger partial charge on any atom is 0.265 e. The van der Waals surface area contributed by atoms with Gasteiger partial charge in [0.25, 0.3) is 11.8 Å². The lowest BCUT2D eigenvalue weighted by Gasteiger charge is -2.38. The Morgan fingerprint density at radius 3 is 1.62 bits per heavy atom. The van der Waals surface area contributed by atoms with Gasteiger partial charge in [-0.15, -0.1) is 0 Å². The molecule has 0 fully saturated rings. The quantitative estimate of drug-likeness (QED) is 0.115. The average molecular weight is 700 g/mol. The van der Waals surface area contributed by atoms with Crippen LogP contribution in [0.1, 0.15) is 27.1 Å². The highest BCUT2D eigenvalue weighted by atomic mass is 31.2. The van der Waals surface area contributed by atoms with Crippen molar-refractivity contribution in [3.63, 3.8) is 0 Å². The molecule has 8 aromatic rings. The van der Waals surface area contributed by atoms with Crippen molar-refractivity contribution in [3.8, 4) is 11.5 Å². The zero-order chi connectivity index (χ0) is 35.5. The molecule has 8 rings (SSSR count). The van der Waals surface area contributed by atoms with Crippen molar-refractivity contribution in [1.82, 2.24) is 9.13 Å². The maximum absolute atomic E-state index is 13.7. The summed E-state index contributed by atoms with van der Waals surface area (Å²) >= 11 is 0. The highest BCUT2D eigenvalue weighted by molar-refractivity contribution is 7.95. The fourth-order valence-corrected chi connectivity index (χ4v) is 11.3. The number of hydrogen-bond acceptors (Lipinski definition) is 4. The Labute approximate surface area is 302 Å². The second kappa shape index (κ2) is 14.2. The van der Waals surface area contributed by atoms with Gasteiger partial charge in [0.15, 0.2) is 0 Å². The van der Waals surface area contributed by atoms with Gasteiger partial charge >= 0.3 is 0 Å². The van der Waals surface area contributed by atoms with Crippen molar-refractivity contribution >= 4 is 56.5 Å². The number of aromatic hydroxyl groups is 1. The van der Waals surface area contributed by atoms with E-state index in [0.29, 0.717) is 12.2 Å². The number of hydrogen-bond donors (Lipinski definition) is 1. The number of phenols is 1. The molecule has 6 nitrogen and oxygen atoms in total. The van der Waals surface area contributed by atoms with Crippen LogP contribution in [-0.2, 0) is 0 Å². The first-order valence-electron chi connectivity index (χ1n) is 17.3. The normalized spacial score (nSPS) is 11.5. The summed E-state index contributed by atoms with van der Waals surface area (Å²) in [6, 6.07) is 50.4. The van der Waals surface area contributed by atoms with Crippen LogP contribution in [0.4, 0.5) is 0 Å². The number of aromatic nitrogens is 2. The van der Waals surface area contributed by atoms with Crippen LogP contribution in [0.2, 0.25) is 0 Å². The molecule has 6 aromatic carbocycles. The predicted molar refractivity (Wildman–Crippen MR) is 212 cm³/mol. The van der Waals surface area contributed by atoms with Crippen LogP contribution in [0.3, 0.4) is 0 Å². The molecule has 2 aromatic heterocycles. The van der Waals surface area contributed by atoms with Crippen LogP contribution in [0, 0.1) is 0 Å². The molecule has 0 bridgehead atoms. The summed E-state index contributed by atoms with van der Waals surface area (Å²) in [6.45, 7) is 0.533. The third kappa shape index (κ3) is 6.30. The van der Waals surface area contributed by atoms with Crippen LogP contribution >= 0.6 is 7.26 Å². The largest absolute Gasteiger partial charge is 0.507 e. The summed E-state index contributed by atoms with van der Waals surface area (Å²) in [5.41, 5.74) is 0.341. The van der Waals surface area contributed by atoms with E-state index in [1.54, 1.807) is 24.8 Å². The van der Waals surface area contributed by atoms with Gasteiger partial charge in [0, 0.05) is 41.1 Å². The van der Waals surface area contributed by atoms with Crippen LogP contribution in [0.5, 0.6) is 11.5 Å². The van der Waals surface area contributed by atoms with Gasteiger partial charge in [-0.3, -0.25) is 18.7 Å². The molecule has 0 aliphatic heterocycles. The molecule has 0 spiro atoms. The van der Waals surface area contributed by atoms with Gasteiger partial charge in [0.1, 0.15) is 11.5 Å². The Morgan fingerprint density at radius 2 is 1.04 bits per heavy atom. The van der Waals surface area contributed by atoms with E-state index in [9.17, 15) is 14.7 Å². The summed E-state index contributed by atoms with van der Waals surface area (Å²) in [6.07, 6.45) is 8.78. The lowest BCUT2D eigenvalue weighted by molar-refractivity contribution is 0.0958. The van der Waals surface area contributed by atoms with Crippen LogP contribution in [0.15, 0.2) is 176 Å². The fourth-order valence-electron chi connectivity index (χ4n) is 7.03. The third-order valence-corrected chi connectivity index (χ3v) is 14.1. The van der Waals surface area contributed by atoms with E-state index < -0.39 is 13.2 Å². The van der Waals surface area contributed by atoms with E-state index in [1.807, 2.05) is 42.5 Å². The smallest absolute Gasteiger partial charge is 0.265 e. The highest BCUT2D eigenvalue weighted by Crippen LogP contribution is 2.55. The number of carbonyl (C=O) groups excluding carboxylic acids is 2. The molecule has 1 radical (unpaired) electrons. The zero-order valence-electron chi connectivity index (χ0n) is 28.4. The molecule has 0 amide bonds. The summed E-state index contributed by atoms with van der Waals surface area (Å²) in [5, 5.41) is 18.3. The van der Waals surface area contributed by atoms with Crippen LogP contribution < -0.4 is 20.7 Å². The van der Waals surface area contributed by atoms with Gasteiger partial charge in [-0.1, -0.05) is 115 Å². The van der Waals surface area contributed by atoms with E-state index in [2.05, 4.69) is 91.0 Å². The van der Waals surface area contributed by atoms with E-state index in [0.717, 1.165) is 39.9 Å². The summed E-state index contributed by atoms with van der Waals surface area (Å²) < 4.78 is 9.29. The van der Waals surface area contributed by atoms with Crippen molar-refractivity contribution in [2.75, 3.05) is 12.8 Å². The van der Waals surface area contributed by atoms with Crippen molar-refractivity contribution in [3.05, 3.63) is 188 Å². The van der Waals surface area contributed by atoms with E-state index in [1.165, 1.54) is 43.2 Å². The number of nitrogens with zero attached hydrogens (tertiary/aromatic N) is 2. The molecular formula is C45H36N2O4P. The molecule has 0 unspecified atom stereocenters. The second-order valence-electron chi connectivity index (χ2n) is 12.8. The summed E-state index contributed by atoms with van der Waals surface area (Å²) in [4.78, 5) is 27.0. The monoisotopic (exact) mass is 699 g/mol. The SMILES string of the molecule is O=C(c1ccc(O)c(C(=O)n2cc3ccc(OCCC[P](c4ccccc4)(c4ccccc4)c4ccccc4)cc3c2)c1)n1cc2ccccc2c1. The lowest BCUT2D eigenvalue weighted by atomic mass is 10.1. The molecule has 0 saturated heterocycles. The minimum atomic E-state index is -1.95. The summed E-state index contributed by atoms with van der Waals surface area (Å²) in [5.74, 6) is -0.205. The molecule has 0 saturated carbocycles. The fraction of sp³-hybridized carbons (Fsp3) is 0.0667. The zero-order valence-corrected chi connectivity index (χ0v) is 29.3. The first kappa shape index (κ1) is 32.9. The Balaban J connectivity index is 1.00. The minimum absolute atomic E-state index is 0.0430. The van der Waals surface area contributed by atoms with Crippen LogP contribution in [-0.4, -0.2) is 38.8 Å². The third-order valence-electron chi connectivity index (χ3n) is 9.61. The topological polar surface area (TPSA) is 73.5 Å². The molecule has 1 N–H and O–H groups in total. The van der Waals surface area contributed by atoms with Crippen molar-refractivity contribution in [2.45, 2.75) is 6.42 Å². The number of rotatable bonds is 10. The van der Waals surface area contributed by atoms with Gasteiger partial charge in [-0.05, 0) is 82.9 Å². The van der Waals surface area contributed by atoms with Gasteiger partial charge in [0.2, 0.25) is 0 Å². The number of ether oxygens (including phenoxy) is 1. The molecule has 2 heterocycles. The van der Waals surface area contributed by atoms with Gasteiger partial charge < -0.3 is 9.84 Å². The molecule has 7 heteroatoms. The van der Waals surface area contributed by atoms with E-state index in [4.69, 9.17) is 4.74 Å². The Bertz CT molecular complexity index is 2390. The molecule has 0 aliphatic rings. The number of carbonyl (C=O) groups is 2. The van der Waals surface area contributed by atoms with E-state index in [-0.39, 0.29) is 17.2 Å². The Kier molecular flexibility index (Phi) is 8.98. The predicted octanol–water partition coefficient (Wildman–Crippen LogP) is 8.44. The number of fused-ring (bicyclic) bond motifs is 2. The minimum Gasteiger partial charge on any atom is -0.507 e. The molecule has 255 valence electrons. The lowest BCUT2D eigenvalue weighted by Crippen LogP contribution is -2.33. The highest BCUT2D eigenvalue weighted by Gasteiger charge is 2.33. The van der Waals surface area contributed by atoms with Crippen molar-refractivity contribution < 1.29 is 19.4 Å². The Hall–Kier alpha value is -6.23. The first-order chi connectivity index (χ1) is 25.5. The van der Waals surface area contributed by atoms with Crippen molar-refractivity contribution in [2.24, 2.45) is 0 Å². The second-order valence-corrected chi connectivity index (χ2v) is 16.5. The Morgan fingerprint density at radius 1 is 0.538 bits per heavy atom. The molecule has 52 heavy (non-hydrogen) atoms. The van der Waals surface area contributed by atoms with Gasteiger partial charge in [-0.2, -0.15) is 0 Å². The van der Waals surface area contributed by atoms with Gasteiger partial charge in [-0.25, -0.2) is 0 Å². The van der Waals surface area contributed by atoms with Crippen molar-refractivity contribution in [1.29, 1.82) is 0 Å². The summed E-state index contributed by atoms with van der Waals surface area (Å²) in [7, 11) is -1.95. The standard InChI is InChI=1S/C45H36N2O4P/c48-43-24-22-33(44(49)46-29-34-13-10-11-14-35(34)30-46)28-42(43)45(50)47-31-36-21-23-38(27-37(36)32-47)51-25-12-26-52(39-15-4-1-5-16-39,40-17-6-2-7-18-40)41-19-8-3-9-20-41/h1-11,13-24,27-32,48H,12,25-26H2. The molecular weight excluding hydrogens is 663 g/mol. The average Bonchev–Trinajstić information content (AvgIpc) is 3.84. The number of benzene rings is 6. The first-order valence-corrected chi connectivity index (χ1v) is 19.3.